The second-order valence-electron chi connectivity index (χ2n) is 33.1. The maximum absolute atomic E-state index is 13.1. The number of hydrogen-bond acceptors (Lipinski definition) is 14. The molecule has 0 spiro atoms. The minimum absolute atomic E-state index is 0.0863. The quantitative estimate of drug-likeness (QED) is 0.0146. The lowest BCUT2D eigenvalue weighted by molar-refractivity contribution is -0.161. The number of rotatable bonds is 94. The van der Waals surface area contributed by atoms with Crippen molar-refractivity contribution in [2.24, 2.45) is 0 Å². The Morgan fingerprint density at radius 3 is 0.622 bits per heavy atom. The number of esters is 3. The fraction of sp³-hybridized carbons (Fsp3) is 0.661. The molecule has 0 saturated carbocycles. The molecule has 0 bridgehead atoms. The molecule has 0 rings (SSSR count). The third kappa shape index (κ3) is 101. The lowest BCUT2D eigenvalue weighted by atomic mass is 10.0. The average molecular weight is 1810 g/mol. The summed E-state index contributed by atoms with van der Waals surface area (Å²) in [5.41, 5.74) is 0. The van der Waals surface area contributed by atoms with Gasteiger partial charge in [0.25, 0.3) is 0 Å². The molecule has 0 aliphatic carbocycles. The summed E-state index contributed by atoms with van der Waals surface area (Å²) in [6, 6.07) is 0. The number of unbranched alkanes of at least 4 members (excludes halogenated alkanes) is 37. The predicted molar refractivity (Wildman–Crippen MR) is 537 cm³/mol. The van der Waals surface area contributed by atoms with Gasteiger partial charge in [-0.05, 0) is 167 Å². The van der Waals surface area contributed by atoms with E-state index in [2.05, 4.69) is 227 Å². The highest BCUT2D eigenvalue weighted by Gasteiger charge is 2.30. The minimum Gasteiger partial charge on any atom is -0.463 e. The van der Waals surface area contributed by atoms with Crippen molar-refractivity contribution in [2.75, 3.05) is 39.6 Å². The van der Waals surface area contributed by atoms with Crippen LogP contribution in [0.5, 0.6) is 0 Å². The van der Waals surface area contributed by atoms with E-state index in [1.807, 2.05) is 0 Å². The number of carbonyl (C=O) groups excluding carboxylic acids is 3. The van der Waals surface area contributed by atoms with E-state index in [1.54, 1.807) is 0 Å². The van der Waals surface area contributed by atoms with Crippen LogP contribution in [0.25, 0.3) is 0 Å². The standard InChI is InChI=1S/C109H182O16P2/c1-4-7-10-13-16-19-22-25-28-31-34-37-40-42-44-46-48-50-51-53-55-56-58-60-63-65-68-71-74-77-80-83-86-89-92-95-107(112)119-98-104(110)99-121-126(115,116)122-100-105(111)101-123-127(117,118)124-103-106(125-109(114)97-94-91-88-85-82-79-76-73-70-67-62-39-36-33-30-27-24-21-18-15-12-9-6-3)102-120-108(113)96-93-90-87-84-81-78-75-72-69-66-64-61-59-57-54-52-49-47-45-43-41-38-35-32-29-26-23-20-17-14-11-8-5-2/h7-12,16-21,25-30,34-39,42-45,48-50,52,67,70,104-106,110-111H,4-6,13-15,22-24,31-33,40-41,46-47,51,53-66,68-69,71-103H2,1-3H3,(H,115,116)(H,117,118)/b10-7-,11-8-,12-9-,19-16-,20-17-,21-18-,28-25-,29-26-,30-27-,37-34-,38-35-,39-36-,44-42-,45-43-,50-48-,52-49-,70-67-. The number of phosphoric ester groups is 2. The lowest BCUT2D eigenvalue weighted by Gasteiger charge is -2.21. The van der Waals surface area contributed by atoms with Gasteiger partial charge in [0.15, 0.2) is 6.10 Å². The molecule has 0 aliphatic heterocycles. The maximum atomic E-state index is 13.1. The second kappa shape index (κ2) is 99.1. The first kappa shape index (κ1) is 121. The number of carbonyl (C=O) groups is 3. The monoisotopic (exact) mass is 1810 g/mol. The summed E-state index contributed by atoms with van der Waals surface area (Å²) in [4.78, 5) is 59.2. The molecule has 5 atom stereocenters. The van der Waals surface area contributed by atoms with Crippen molar-refractivity contribution >= 4 is 33.6 Å². The first-order valence-electron chi connectivity index (χ1n) is 50.4. The van der Waals surface area contributed by atoms with Gasteiger partial charge in [-0.3, -0.25) is 32.5 Å². The Kier molecular flexibility index (Phi) is 94.6. The Morgan fingerprint density at radius 2 is 0.394 bits per heavy atom. The number of aliphatic hydroxyl groups excluding tert-OH is 2. The Hall–Kier alpha value is -5.87. The van der Waals surface area contributed by atoms with Gasteiger partial charge < -0.3 is 34.2 Å². The molecule has 0 aromatic heterocycles. The Labute approximate surface area is 775 Å². The number of ether oxygens (including phenoxy) is 3. The highest BCUT2D eigenvalue weighted by Crippen LogP contribution is 2.45. The van der Waals surface area contributed by atoms with Gasteiger partial charge in [0.2, 0.25) is 0 Å². The third-order valence-electron chi connectivity index (χ3n) is 21.0. The van der Waals surface area contributed by atoms with Crippen LogP contribution in [0.3, 0.4) is 0 Å². The van der Waals surface area contributed by atoms with E-state index < -0.39 is 91.5 Å². The zero-order valence-electron chi connectivity index (χ0n) is 80.1. The van der Waals surface area contributed by atoms with Crippen molar-refractivity contribution in [3.8, 4) is 0 Å². The molecule has 0 fully saturated rings. The fourth-order valence-electron chi connectivity index (χ4n) is 13.5. The smallest absolute Gasteiger partial charge is 0.463 e. The van der Waals surface area contributed by atoms with Crippen LogP contribution in [-0.2, 0) is 55.8 Å². The molecule has 18 heteroatoms. The van der Waals surface area contributed by atoms with E-state index in [1.165, 1.54) is 141 Å². The molecule has 0 saturated heterocycles. The van der Waals surface area contributed by atoms with Gasteiger partial charge in [-0.25, -0.2) is 9.13 Å². The van der Waals surface area contributed by atoms with Crippen molar-refractivity contribution in [1.29, 1.82) is 0 Å². The van der Waals surface area contributed by atoms with Crippen molar-refractivity contribution in [2.45, 2.75) is 424 Å². The van der Waals surface area contributed by atoms with E-state index in [4.69, 9.17) is 32.3 Å². The predicted octanol–water partition coefficient (Wildman–Crippen LogP) is 31.9. The molecule has 4 N–H and O–H groups in total. The van der Waals surface area contributed by atoms with Gasteiger partial charge in [-0.2, -0.15) is 0 Å². The molecule has 0 radical (unpaired) electrons. The molecule has 0 aromatic rings. The van der Waals surface area contributed by atoms with Gasteiger partial charge in [-0.1, -0.05) is 426 Å². The van der Waals surface area contributed by atoms with Crippen LogP contribution in [0.1, 0.15) is 406 Å². The molecule has 0 amide bonds. The van der Waals surface area contributed by atoms with Gasteiger partial charge in [-0.15, -0.1) is 0 Å². The summed E-state index contributed by atoms with van der Waals surface area (Å²) in [6.07, 6.45) is 135. The zero-order chi connectivity index (χ0) is 92.1. The van der Waals surface area contributed by atoms with Crippen molar-refractivity contribution in [1.82, 2.24) is 0 Å². The van der Waals surface area contributed by atoms with Gasteiger partial charge in [0.1, 0.15) is 25.4 Å². The number of allylic oxidation sites excluding steroid dienone is 34. The molecular formula is C109H182O16P2. The molecular weight excluding hydrogens is 1630 g/mol. The lowest BCUT2D eigenvalue weighted by Crippen LogP contribution is -2.30. The maximum Gasteiger partial charge on any atom is 0.472 e. The van der Waals surface area contributed by atoms with Crippen molar-refractivity contribution in [3.05, 3.63) is 207 Å². The SMILES string of the molecule is CC/C=C\C/C=C\C/C=C\C/C=C\C/C=C\C/C=C\CCCCCCCCCCCCCCCCCCC(=O)OCC(O)COP(=O)(O)OCC(O)COP(=O)(O)OCC(COC(=O)CCCCCCCCCCCCCCCC/C=C\C/C=C\C/C=C\C/C=C\C/C=C\C/C=C\CC)OC(=O)CCCCCCCCC/C=C\C/C=C\C/C=C\C/C=C\C/C=C\CC. The molecule has 724 valence electrons. The van der Waals surface area contributed by atoms with Crippen LogP contribution in [-0.4, -0.2) is 95.9 Å². The summed E-state index contributed by atoms with van der Waals surface area (Å²) >= 11 is 0. The number of aliphatic hydroxyl groups is 2. The van der Waals surface area contributed by atoms with Crippen LogP contribution in [0.2, 0.25) is 0 Å². The first-order chi connectivity index (χ1) is 62.2. The van der Waals surface area contributed by atoms with Crippen molar-refractivity contribution in [3.63, 3.8) is 0 Å². The summed E-state index contributed by atoms with van der Waals surface area (Å²) in [6.45, 7) is 2.38. The van der Waals surface area contributed by atoms with Gasteiger partial charge in [0.05, 0.1) is 26.4 Å². The van der Waals surface area contributed by atoms with Crippen LogP contribution >= 0.6 is 15.6 Å². The highest BCUT2D eigenvalue weighted by atomic mass is 31.2. The summed E-state index contributed by atoms with van der Waals surface area (Å²) < 4.78 is 61.6. The van der Waals surface area contributed by atoms with Crippen LogP contribution in [0, 0.1) is 0 Å². The number of phosphoric acid groups is 2. The van der Waals surface area contributed by atoms with Gasteiger partial charge in [0, 0.05) is 19.3 Å². The molecule has 0 aliphatic rings. The van der Waals surface area contributed by atoms with Crippen LogP contribution < -0.4 is 0 Å². The topological polar surface area (TPSA) is 231 Å². The average Bonchev–Trinajstić information content (AvgIpc) is 0.899. The Morgan fingerprint density at radius 1 is 0.220 bits per heavy atom. The van der Waals surface area contributed by atoms with E-state index in [9.17, 15) is 43.5 Å². The first-order valence-corrected chi connectivity index (χ1v) is 53.4. The Bertz CT molecular complexity index is 3140. The van der Waals surface area contributed by atoms with E-state index in [-0.39, 0.29) is 19.3 Å². The Balaban J connectivity index is 4.58. The molecule has 16 nitrogen and oxygen atoms in total. The van der Waals surface area contributed by atoms with Crippen LogP contribution in [0.4, 0.5) is 0 Å². The third-order valence-corrected chi connectivity index (χ3v) is 22.9. The van der Waals surface area contributed by atoms with Crippen molar-refractivity contribution < 1.29 is 75.8 Å². The zero-order valence-corrected chi connectivity index (χ0v) is 81.9. The van der Waals surface area contributed by atoms with Gasteiger partial charge >= 0.3 is 33.6 Å². The minimum atomic E-state index is -4.95. The molecule has 0 aromatic carbocycles. The largest absolute Gasteiger partial charge is 0.472 e. The van der Waals surface area contributed by atoms with E-state index in [0.717, 1.165) is 205 Å². The highest BCUT2D eigenvalue weighted by molar-refractivity contribution is 7.47. The normalized spacial score (nSPS) is 14.5. The van der Waals surface area contributed by atoms with E-state index in [0.29, 0.717) is 19.3 Å². The number of hydrogen-bond donors (Lipinski definition) is 4. The van der Waals surface area contributed by atoms with Crippen LogP contribution in [0.15, 0.2) is 207 Å². The summed E-state index contributed by atoms with van der Waals surface area (Å²) in [7, 11) is -9.83. The molecule has 0 heterocycles. The summed E-state index contributed by atoms with van der Waals surface area (Å²) in [5, 5.41) is 20.8. The summed E-state index contributed by atoms with van der Waals surface area (Å²) in [5.74, 6) is -1.58. The molecule has 127 heavy (non-hydrogen) atoms. The van der Waals surface area contributed by atoms with E-state index >= 15 is 0 Å². The molecule has 5 unspecified atom stereocenters. The fourth-order valence-corrected chi connectivity index (χ4v) is 15.1. The second-order valence-corrected chi connectivity index (χ2v) is 36.0.